The summed E-state index contributed by atoms with van der Waals surface area (Å²) in [6.45, 7) is 5.85. The predicted molar refractivity (Wildman–Crippen MR) is 72.7 cm³/mol. The highest BCUT2D eigenvalue weighted by Crippen LogP contribution is 2.25. The Bertz CT molecular complexity index is 509. The van der Waals surface area contributed by atoms with Crippen LogP contribution < -0.4 is 5.32 Å². The number of aryl methyl sites for hydroxylation is 1. The van der Waals surface area contributed by atoms with E-state index in [2.05, 4.69) is 33.7 Å². The number of nitrogens with one attached hydrogen (secondary N) is 1. The van der Waals surface area contributed by atoms with E-state index >= 15 is 0 Å². The van der Waals surface area contributed by atoms with E-state index in [0.717, 1.165) is 24.6 Å². The number of hydrogen-bond donors (Lipinski definition) is 1. The lowest BCUT2D eigenvalue weighted by Gasteiger charge is -2.19. The van der Waals surface area contributed by atoms with Crippen molar-refractivity contribution < 1.29 is 0 Å². The maximum atomic E-state index is 6.23. The number of aromatic nitrogens is 3. The molecule has 0 amide bonds. The van der Waals surface area contributed by atoms with Crippen LogP contribution in [0.2, 0.25) is 5.02 Å². The number of nitrogens with zero attached hydrogens (tertiary/aromatic N) is 3. The second-order valence-corrected chi connectivity index (χ2v) is 4.34. The van der Waals surface area contributed by atoms with Gasteiger partial charge in [-0.05, 0) is 25.6 Å². The van der Waals surface area contributed by atoms with Gasteiger partial charge in [-0.1, -0.05) is 18.5 Å². The van der Waals surface area contributed by atoms with Gasteiger partial charge in [-0.2, -0.15) is 0 Å². The van der Waals surface area contributed by atoms with Crippen LogP contribution in [0.5, 0.6) is 0 Å². The van der Waals surface area contributed by atoms with Crippen molar-refractivity contribution in [2.24, 2.45) is 0 Å². The van der Waals surface area contributed by atoms with Crippen molar-refractivity contribution in [1.29, 1.82) is 0 Å². The number of imidazole rings is 1. The van der Waals surface area contributed by atoms with E-state index in [0.29, 0.717) is 5.02 Å². The zero-order chi connectivity index (χ0) is 13.0. The quantitative estimate of drug-likeness (QED) is 0.903. The molecule has 0 aliphatic carbocycles. The zero-order valence-corrected chi connectivity index (χ0v) is 11.4. The lowest BCUT2D eigenvalue weighted by atomic mass is 10.1. The summed E-state index contributed by atoms with van der Waals surface area (Å²) in [5, 5.41) is 4.05. The lowest BCUT2D eigenvalue weighted by molar-refractivity contribution is 0.549. The Morgan fingerprint density at radius 3 is 2.83 bits per heavy atom. The van der Waals surface area contributed by atoms with Crippen LogP contribution in [0.3, 0.4) is 0 Å². The summed E-state index contributed by atoms with van der Waals surface area (Å²) in [4.78, 5) is 8.81. The number of hydrogen-bond acceptors (Lipinski definition) is 3. The molecule has 0 spiro atoms. The summed E-state index contributed by atoms with van der Waals surface area (Å²) < 4.78 is 2.10. The molecule has 0 saturated carbocycles. The first-order chi connectivity index (χ1) is 8.77. The number of pyridine rings is 1. The van der Waals surface area contributed by atoms with Crippen molar-refractivity contribution >= 4 is 11.6 Å². The van der Waals surface area contributed by atoms with Crippen LogP contribution in [0.25, 0.3) is 0 Å². The summed E-state index contributed by atoms with van der Waals surface area (Å²) in [5.41, 5.74) is 0.821. The van der Waals surface area contributed by atoms with Gasteiger partial charge in [-0.15, -0.1) is 0 Å². The van der Waals surface area contributed by atoms with E-state index in [1.54, 1.807) is 12.4 Å². The SMILES string of the molecule is CCNC(c1ncccc1Cl)c1nccn1CC. The minimum atomic E-state index is -0.0707. The first-order valence-corrected chi connectivity index (χ1v) is 6.50. The molecule has 1 N–H and O–H groups in total. The molecule has 0 bridgehead atoms. The van der Waals surface area contributed by atoms with Crippen LogP contribution in [0.4, 0.5) is 0 Å². The molecule has 0 fully saturated rings. The highest BCUT2D eigenvalue weighted by atomic mass is 35.5. The molecule has 0 radical (unpaired) electrons. The van der Waals surface area contributed by atoms with Crippen LogP contribution in [0, 0.1) is 0 Å². The van der Waals surface area contributed by atoms with E-state index in [1.807, 2.05) is 18.3 Å². The highest BCUT2D eigenvalue weighted by Gasteiger charge is 2.21. The largest absolute Gasteiger partial charge is 0.334 e. The van der Waals surface area contributed by atoms with Crippen molar-refractivity contribution in [2.75, 3.05) is 6.54 Å². The molecule has 2 heterocycles. The standard InChI is InChI=1S/C13H17ClN4/c1-3-15-12(11-10(14)6-5-7-16-11)13-17-8-9-18(13)4-2/h5-9,12,15H,3-4H2,1-2H3. The minimum Gasteiger partial charge on any atom is -0.334 e. The summed E-state index contributed by atoms with van der Waals surface area (Å²) in [6.07, 6.45) is 5.53. The van der Waals surface area contributed by atoms with Gasteiger partial charge in [0.05, 0.1) is 10.7 Å². The Labute approximate surface area is 112 Å². The molecular weight excluding hydrogens is 248 g/mol. The molecule has 0 aromatic carbocycles. The summed E-state index contributed by atoms with van der Waals surface area (Å²) in [5.74, 6) is 0.944. The molecule has 18 heavy (non-hydrogen) atoms. The van der Waals surface area contributed by atoms with Crippen molar-refractivity contribution in [3.63, 3.8) is 0 Å². The Hall–Kier alpha value is -1.39. The third-order valence-electron chi connectivity index (χ3n) is 2.82. The summed E-state index contributed by atoms with van der Waals surface area (Å²) >= 11 is 6.23. The third kappa shape index (κ3) is 2.54. The third-order valence-corrected chi connectivity index (χ3v) is 3.13. The molecule has 0 aliphatic heterocycles. The number of rotatable bonds is 5. The second-order valence-electron chi connectivity index (χ2n) is 3.93. The molecule has 2 aromatic rings. The smallest absolute Gasteiger partial charge is 0.132 e. The van der Waals surface area contributed by atoms with Gasteiger partial charge in [0.25, 0.3) is 0 Å². The van der Waals surface area contributed by atoms with Gasteiger partial charge in [-0.3, -0.25) is 4.98 Å². The maximum absolute atomic E-state index is 6.23. The van der Waals surface area contributed by atoms with Crippen LogP contribution in [-0.2, 0) is 6.54 Å². The predicted octanol–water partition coefficient (Wildman–Crippen LogP) is 2.65. The van der Waals surface area contributed by atoms with Crippen LogP contribution in [0.15, 0.2) is 30.7 Å². The van der Waals surface area contributed by atoms with Gasteiger partial charge >= 0.3 is 0 Å². The van der Waals surface area contributed by atoms with Crippen LogP contribution >= 0.6 is 11.6 Å². The van der Waals surface area contributed by atoms with E-state index in [1.165, 1.54) is 0 Å². The lowest BCUT2D eigenvalue weighted by Crippen LogP contribution is -2.26. The Morgan fingerprint density at radius 1 is 1.33 bits per heavy atom. The van der Waals surface area contributed by atoms with E-state index in [-0.39, 0.29) is 6.04 Å². The summed E-state index contributed by atoms with van der Waals surface area (Å²) in [6, 6.07) is 3.62. The van der Waals surface area contributed by atoms with Gasteiger partial charge in [-0.25, -0.2) is 4.98 Å². The van der Waals surface area contributed by atoms with Gasteiger partial charge in [0.1, 0.15) is 11.9 Å². The highest BCUT2D eigenvalue weighted by molar-refractivity contribution is 6.31. The van der Waals surface area contributed by atoms with E-state index < -0.39 is 0 Å². The molecule has 1 unspecified atom stereocenters. The fourth-order valence-corrected chi connectivity index (χ4v) is 2.20. The second kappa shape index (κ2) is 5.98. The normalized spacial score (nSPS) is 12.6. The average Bonchev–Trinajstić information content (AvgIpc) is 2.85. The molecule has 2 aromatic heterocycles. The molecule has 0 aliphatic rings. The van der Waals surface area contributed by atoms with Crippen molar-refractivity contribution in [3.8, 4) is 0 Å². The minimum absolute atomic E-state index is 0.0707. The Morgan fingerprint density at radius 2 is 2.17 bits per heavy atom. The molecule has 96 valence electrons. The number of halogens is 1. The van der Waals surface area contributed by atoms with Gasteiger partial charge in [0.15, 0.2) is 0 Å². The first kappa shape index (κ1) is 13.1. The molecule has 5 heteroatoms. The Kier molecular flexibility index (Phi) is 4.33. The van der Waals surface area contributed by atoms with Gasteiger partial charge in [0.2, 0.25) is 0 Å². The molecule has 2 rings (SSSR count). The molecule has 4 nitrogen and oxygen atoms in total. The van der Waals surface area contributed by atoms with Crippen LogP contribution in [-0.4, -0.2) is 21.1 Å². The van der Waals surface area contributed by atoms with Crippen LogP contribution in [0.1, 0.15) is 31.4 Å². The topological polar surface area (TPSA) is 42.7 Å². The van der Waals surface area contributed by atoms with E-state index in [9.17, 15) is 0 Å². The fraction of sp³-hybridized carbons (Fsp3) is 0.385. The average molecular weight is 265 g/mol. The van der Waals surface area contributed by atoms with E-state index in [4.69, 9.17) is 11.6 Å². The van der Waals surface area contributed by atoms with Crippen molar-refractivity contribution in [3.05, 3.63) is 47.3 Å². The zero-order valence-electron chi connectivity index (χ0n) is 10.6. The maximum Gasteiger partial charge on any atom is 0.132 e. The van der Waals surface area contributed by atoms with Gasteiger partial charge in [0, 0.05) is 25.1 Å². The Balaban J connectivity index is 2.43. The summed E-state index contributed by atoms with van der Waals surface area (Å²) in [7, 11) is 0. The fourth-order valence-electron chi connectivity index (χ4n) is 1.97. The van der Waals surface area contributed by atoms with Crippen molar-refractivity contribution in [2.45, 2.75) is 26.4 Å². The van der Waals surface area contributed by atoms with Gasteiger partial charge < -0.3 is 9.88 Å². The molecular formula is C13H17ClN4. The monoisotopic (exact) mass is 264 g/mol. The molecule has 1 atom stereocenters. The molecule has 0 saturated heterocycles. The van der Waals surface area contributed by atoms with Crippen molar-refractivity contribution in [1.82, 2.24) is 19.9 Å². The first-order valence-electron chi connectivity index (χ1n) is 6.12.